The summed E-state index contributed by atoms with van der Waals surface area (Å²) < 4.78 is 26.0. The van der Waals surface area contributed by atoms with Gasteiger partial charge in [-0.2, -0.15) is 0 Å². The maximum atomic E-state index is 12.5. The monoisotopic (exact) mass is 401 g/mol. The van der Waals surface area contributed by atoms with Gasteiger partial charge in [-0.05, 0) is 30.3 Å². The van der Waals surface area contributed by atoms with Gasteiger partial charge in [0.1, 0.15) is 11.3 Å². The minimum atomic E-state index is -0.759. The first-order chi connectivity index (χ1) is 14.0. The Morgan fingerprint density at radius 2 is 1.79 bits per heavy atom. The Morgan fingerprint density at radius 3 is 2.48 bits per heavy atom. The quantitative estimate of drug-likeness (QED) is 0.555. The molecule has 29 heavy (non-hydrogen) atoms. The molecule has 0 aliphatic carbocycles. The molecule has 9 heteroatoms. The Labute approximate surface area is 166 Å². The second-order valence-corrected chi connectivity index (χ2v) is 5.93. The number of nitrogens with one attached hydrogen (secondary N) is 1. The van der Waals surface area contributed by atoms with Gasteiger partial charge in [0.05, 0.1) is 27.0 Å². The van der Waals surface area contributed by atoms with Crippen LogP contribution in [0, 0.1) is 0 Å². The lowest BCUT2D eigenvalue weighted by Gasteiger charge is -2.18. The van der Waals surface area contributed by atoms with Crippen molar-refractivity contribution < 1.29 is 38.1 Å². The van der Waals surface area contributed by atoms with Crippen LogP contribution in [0.5, 0.6) is 23.0 Å². The summed E-state index contributed by atoms with van der Waals surface area (Å²) in [6, 6.07) is 7.56. The van der Waals surface area contributed by atoms with Crippen LogP contribution >= 0.6 is 0 Å². The lowest BCUT2D eigenvalue weighted by molar-refractivity contribution is -0.118. The fraction of sp³-hybridized carbons (Fsp3) is 0.250. The van der Waals surface area contributed by atoms with Gasteiger partial charge >= 0.3 is 5.97 Å². The van der Waals surface area contributed by atoms with E-state index in [1.54, 1.807) is 6.07 Å². The molecule has 0 bridgehead atoms. The Hall–Kier alpha value is -3.75. The Morgan fingerprint density at radius 1 is 1.03 bits per heavy atom. The highest BCUT2D eigenvalue weighted by molar-refractivity contribution is 6.03. The van der Waals surface area contributed by atoms with E-state index in [2.05, 4.69) is 5.32 Å². The van der Waals surface area contributed by atoms with Gasteiger partial charge in [0.15, 0.2) is 30.5 Å². The molecule has 9 nitrogen and oxygen atoms in total. The number of carbonyl (C=O) groups excluding carboxylic acids is 3. The van der Waals surface area contributed by atoms with Crippen LogP contribution in [0.2, 0.25) is 0 Å². The average molecular weight is 401 g/mol. The number of rotatable bonds is 7. The lowest BCUT2D eigenvalue weighted by atomic mass is 10.1. The fourth-order valence-electron chi connectivity index (χ4n) is 2.81. The summed E-state index contributed by atoms with van der Waals surface area (Å²) in [5.74, 6) is -0.289. The molecule has 1 aliphatic rings. The van der Waals surface area contributed by atoms with E-state index in [1.807, 2.05) is 0 Å². The lowest BCUT2D eigenvalue weighted by Crippen LogP contribution is -2.25. The van der Waals surface area contributed by atoms with Crippen molar-refractivity contribution in [3.8, 4) is 23.0 Å². The molecule has 2 aromatic carbocycles. The third kappa shape index (κ3) is 4.08. The highest BCUT2D eigenvalue weighted by Crippen LogP contribution is 2.40. The molecule has 1 heterocycles. The third-order valence-corrected chi connectivity index (χ3v) is 4.19. The van der Waals surface area contributed by atoms with E-state index in [1.165, 1.54) is 45.6 Å². The average Bonchev–Trinajstić information content (AvgIpc) is 2.75. The standard InChI is InChI=1S/C20H19NO8/c1-25-16-7-5-12(18(26-2)19(16)27-3)20(24)29-9-14(22)11-4-6-15-13(8-11)21-17(23)10-28-15/h4-8H,9-10H2,1-3H3,(H,21,23). The number of ketones is 1. The molecule has 0 saturated carbocycles. The van der Waals surface area contributed by atoms with Crippen molar-refractivity contribution in [2.75, 3.05) is 39.9 Å². The number of hydrogen-bond acceptors (Lipinski definition) is 8. The molecule has 1 N–H and O–H groups in total. The van der Waals surface area contributed by atoms with Crippen LogP contribution < -0.4 is 24.3 Å². The fourth-order valence-corrected chi connectivity index (χ4v) is 2.81. The number of amides is 1. The van der Waals surface area contributed by atoms with Gasteiger partial charge in [-0.25, -0.2) is 4.79 Å². The number of carbonyl (C=O) groups is 3. The van der Waals surface area contributed by atoms with E-state index >= 15 is 0 Å². The van der Waals surface area contributed by atoms with Gasteiger partial charge in [-0.3, -0.25) is 9.59 Å². The van der Waals surface area contributed by atoms with Crippen LogP contribution in [0.4, 0.5) is 5.69 Å². The number of methoxy groups -OCH3 is 3. The number of esters is 1. The summed E-state index contributed by atoms with van der Waals surface area (Å²) in [7, 11) is 4.25. The van der Waals surface area contributed by atoms with Crippen molar-refractivity contribution in [3.05, 3.63) is 41.5 Å². The summed E-state index contributed by atoms with van der Waals surface area (Å²) in [5.41, 5.74) is 0.741. The van der Waals surface area contributed by atoms with E-state index < -0.39 is 18.4 Å². The molecule has 2 aromatic rings. The number of hydrogen-bond donors (Lipinski definition) is 1. The highest BCUT2D eigenvalue weighted by Gasteiger charge is 2.23. The van der Waals surface area contributed by atoms with E-state index in [0.29, 0.717) is 17.2 Å². The van der Waals surface area contributed by atoms with Crippen molar-refractivity contribution in [3.63, 3.8) is 0 Å². The molecule has 0 fully saturated rings. The van der Waals surface area contributed by atoms with Crippen LogP contribution in [-0.4, -0.2) is 52.2 Å². The van der Waals surface area contributed by atoms with Crippen LogP contribution in [0.3, 0.4) is 0 Å². The maximum absolute atomic E-state index is 12.5. The van der Waals surface area contributed by atoms with Gasteiger partial charge < -0.3 is 29.0 Å². The molecule has 0 aromatic heterocycles. The zero-order valence-corrected chi connectivity index (χ0v) is 16.1. The number of fused-ring (bicyclic) bond motifs is 1. The molecule has 0 saturated heterocycles. The third-order valence-electron chi connectivity index (χ3n) is 4.19. The zero-order valence-electron chi connectivity index (χ0n) is 16.1. The molecule has 0 unspecified atom stereocenters. The van der Waals surface area contributed by atoms with E-state index in [9.17, 15) is 14.4 Å². The Bertz CT molecular complexity index is 969. The zero-order chi connectivity index (χ0) is 21.0. The molecule has 0 spiro atoms. The van der Waals surface area contributed by atoms with Crippen molar-refractivity contribution in [1.29, 1.82) is 0 Å². The van der Waals surface area contributed by atoms with Crippen LogP contribution in [0.1, 0.15) is 20.7 Å². The SMILES string of the molecule is COc1ccc(C(=O)OCC(=O)c2ccc3c(c2)NC(=O)CO3)c(OC)c1OC. The minimum Gasteiger partial charge on any atom is -0.493 e. The summed E-state index contributed by atoms with van der Waals surface area (Å²) in [6.45, 7) is -0.574. The smallest absolute Gasteiger partial charge is 0.342 e. The Balaban J connectivity index is 1.73. The van der Waals surface area contributed by atoms with Gasteiger partial charge in [0, 0.05) is 5.56 Å². The molecular weight excluding hydrogens is 382 g/mol. The summed E-state index contributed by atoms with van der Waals surface area (Å²) in [6.07, 6.45) is 0. The minimum absolute atomic E-state index is 0.0783. The van der Waals surface area contributed by atoms with Crippen molar-refractivity contribution in [1.82, 2.24) is 0 Å². The topological polar surface area (TPSA) is 109 Å². The first kappa shape index (κ1) is 20.0. The summed E-state index contributed by atoms with van der Waals surface area (Å²) in [4.78, 5) is 36.3. The summed E-state index contributed by atoms with van der Waals surface area (Å²) in [5, 5.41) is 2.62. The predicted molar refractivity (Wildman–Crippen MR) is 101 cm³/mol. The van der Waals surface area contributed by atoms with E-state index in [-0.39, 0.29) is 35.1 Å². The maximum Gasteiger partial charge on any atom is 0.342 e. The molecular formula is C20H19NO8. The molecule has 1 aliphatic heterocycles. The van der Waals surface area contributed by atoms with E-state index in [4.69, 9.17) is 23.7 Å². The molecule has 152 valence electrons. The van der Waals surface area contributed by atoms with Crippen LogP contribution in [-0.2, 0) is 9.53 Å². The van der Waals surface area contributed by atoms with Gasteiger partial charge in [-0.1, -0.05) is 0 Å². The van der Waals surface area contributed by atoms with Gasteiger partial charge in [0.2, 0.25) is 5.75 Å². The largest absolute Gasteiger partial charge is 0.493 e. The van der Waals surface area contributed by atoms with Crippen molar-refractivity contribution >= 4 is 23.3 Å². The summed E-state index contributed by atoms with van der Waals surface area (Å²) >= 11 is 0. The Kier molecular flexibility index (Phi) is 5.87. The van der Waals surface area contributed by atoms with Crippen molar-refractivity contribution in [2.24, 2.45) is 0 Å². The normalized spacial score (nSPS) is 12.2. The highest BCUT2D eigenvalue weighted by atomic mass is 16.5. The van der Waals surface area contributed by atoms with Crippen LogP contribution in [0.15, 0.2) is 30.3 Å². The second-order valence-electron chi connectivity index (χ2n) is 5.93. The van der Waals surface area contributed by atoms with E-state index in [0.717, 1.165) is 0 Å². The molecule has 0 atom stereocenters. The van der Waals surface area contributed by atoms with Gasteiger partial charge in [-0.15, -0.1) is 0 Å². The van der Waals surface area contributed by atoms with Crippen molar-refractivity contribution in [2.45, 2.75) is 0 Å². The molecule has 1 amide bonds. The van der Waals surface area contributed by atoms with Gasteiger partial charge in [0.25, 0.3) is 5.91 Å². The first-order valence-corrected chi connectivity index (χ1v) is 8.54. The number of anilines is 1. The predicted octanol–water partition coefficient (Wildman–Crippen LogP) is 2.08. The second kappa shape index (κ2) is 8.51. The molecule has 3 rings (SSSR count). The molecule has 0 radical (unpaired) electrons. The first-order valence-electron chi connectivity index (χ1n) is 8.54. The number of Topliss-reactive ketones (excluding diaryl/α,β-unsaturated/α-hetero) is 1. The number of ether oxygens (including phenoxy) is 5. The number of benzene rings is 2. The van der Waals surface area contributed by atoms with Crippen LogP contribution in [0.25, 0.3) is 0 Å².